The van der Waals surface area contributed by atoms with E-state index in [0.717, 1.165) is 28.9 Å². The fourth-order valence-electron chi connectivity index (χ4n) is 4.66. The molecule has 1 atom stereocenters. The maximum Gasteiger partial charge on any atom is 0.254 e. The third-order valence-electron chi connectivity index (χ3n) is 6.54. The van der Waals surface area contributed by atoms with Gasteiger partial charge in [0, 0.05) is 48.0 Å². The van der Waals surface area contributed by atoms with Crippen molar-refractivity contribution in [2.45, 2.75) is 19.9 Å². The second kappa shape index (κ2) is 10.7. The SMILES string of the molecule is Cc1ccc(C(=O)N2CCOCC(Cc3cccc4ncccc34)C2)cc1NCc1ccccn1. The highest BCUT2D eigenvalue weighted by molar-refractivity contribution is 5.95. The Kier molecular flexibility index (Phi) is 7.00. The zero-order chi connectivity index (χ0) is 24.0. The van der Waals surface area contributed by atoms with Crippen LogP contribution in [0.3, 0.4) is 0 Å². The van der Waals surface area contributed by atoms with Gasteiger partial charge in [-0.15, -0.1) is 0 Å². The van der Waals surface area contributed by atoms with Crippen LogP contribution in [-0.2, 0) is 17.7 Å². The normalized spacial score (nSPS) is 16.1. The number of carbonyl (C=O) groups excluding carboxylic acids is 1. The Balaban J connectivity index is 1.30. The van der Waals surface area contributed by atoms with Crippen LogP contribution in [-0.4, -0.2) is 47.1 Å². The van der Waals surface area contributed by atoms with Gasteiger partial charge >= 0.3 is 0 Å². The van der Waals surface area contributed by atoms with E-state index in [1.165, 1.54) is 10.9 Å². The lowest BCUT2D eigenvalue weighted by Crippen LogP contribution is -2.36. The average molecular weight is 467 g/mol. The lowest BCUT2D eigenvalue weighted by atomic mass is 9.96. The summed E-state index contributed by atoms with van der Waals surface area (Å²) in [5.74, 6) is 0.264. The number of nitrogens with zero attached hydrogens (tertiary/aromatic N) is 3. The van der Waals surface area contributed by atoms with Gasteiger partial charge in [-0.05, 0) is 60.9 Å². The lowest BCUT2D eigenvalue weighted by molar-refractivity contribution is 0.0737. The zero-order valence-corrected chi connectivity index (χ0v) is 20.0. The molecule has 0 spiro atoms. The van der Waals surface area contributed by atoms with Crippen LogP contribution in [0.15, 0.2) is 79.1 Å². The van der Waals surface area contributed by atoms with Gasteiger partial charge < -0.3 is 15.0 Å². The quantitative estimate of drug-likeness (QED) is 0.439. The fraction of sp³-hybridized carbons (Fsp3) is 0.276. The molecule has 3 heterocycles. The molecule has 35 heavy (non-hydrogen) atoms. The zero-order valence-electron chi connectivity index (χ0n) is 20.0. The van der Waals surface area contributed by atoms with Crippen molar-refractivity contribution in [1.82, 2.24) is 14.9 Å². The average Bonchev–Trinajstić information content (AvgIpc) is 3.14. The van der Waals surface area contributed by atoms with Crippen molar-refractivity contribution < 1.29 is 9.53 Å². The molecule has 2 aromatic carbocycles. The summed E-state index contributed by atoms with van der Waals surface area (Å²) < 4.78 is 5.91. The molecule has 1 fully saturated rings. The molecular formula is C29H30N4O2. The topological polar surface area (TPSA) is 67.4 Å². The summed E-state index contributed by atoms with van der Waals surface area (Å²) in [7, 11) is 0. The van der Waals surface area contributed by atoms with Gasteiger partial charge in [0.15, 0.2) is 0 Å². The molecular weight excluding hydrogens is 436 g/mol. The van der Waals surface area contributed by atoms with Crippen molar-refractivity contribution in [3.8, 4) is 0 Å². The van der Waals surface area contributed by atoms with E-state index in [2.05, 4.69) is 33.5 Å². The summed E-state index contributed by atoms with van der Waals surface area (Å²) in [6.45, 7) is 5.11. The van der Waals surface area contributed by atoms with Crippen LogP contribution in [0.25, 0.3) is 10.9 Å². The smallest absolute Gasteiger partial charge is 0.254 e. The van der Waals surface area contributed by atoms with Gasteiger partial charge in [0.05, 0.1) is 31.0 Å². The molecule has 4 aromatic rings. The van der Waals surface area contributed by atoms with Gasteiger partial charge in [0.2, 0.25) is 0 Å². The summed E-state index contributed by atoms with van der Waals surface area (Å²) in [6.07, 6.45) is 4.45. The molecule has 1 unspecified atom stereocenters. The van der Waals surface area contributed by atoms with Crippen molar-refractivity contribution in [3.05, 3.63) is 102 Å². The van der Waals surface area contributed by atoms with Crippen LogP contribution in [0.5, 0.6) is 0 Å². The number of carbonyl (C=O) groups is 1. The van der Waals surface area contributed by atoms with E-state index in [4.69, 9.17) is 4.74 Å². The predicted molar refractivity (Wildman–Crippen MR) is 138 cm³/mol. The first-order valence-electron chi connectivity index (χ1n) is 12.1. The molecule has 6 nitrogen and oxygen atoms in total. The molecule has 0 saturated carbocycles. The number of pyridine rings is 2. The predicted octanol–water partition coefficient (Wildman–Crippen LogP) is 4.88. The van der Waals surface area contributed by atoms with E-state index >= 15 is 0 Å². The van der Waals surface area contributed by atoms with E-state index in [1.54, 1.807) is 6.20 Å². The number of hydrogen-bond acceptors (Lipinski definition) is 5. The van der Waals surface area contributed by atoms with Crippen LogP contribution >= 0.6 is 0 Å². The lowest BCUT2D eigenvalue weighted by Gasteiger charge is -2.24. The van der Waals surface area contributed by atoms with E-state index in [-0.39, 0.29) is 11.8 Å². The first kappa shape index (κ1) is 23.0. The summed E-state index contributed by atoms with van der Waals surface area (Å²) in [5, 5.41) is 4.60. The highest BCUT2D eigenvalue weighted by atomic mass is 16.5. The summed E-state index contributed by atoms with van der Waals surface area (Å²) in [4.78, 5) is 24.3. The van der Waals surface area contributed by atoms with E-state index in [1.807, 2.05) is 66.6 Å². The largest absolute Gasteiger partial charge is 0.379 e. The van der Waals surface area contributed by atoms with Gasteiger partial charge in [0.1, 0.15) is 0 Å². The van der Waals surface area contributed by atoms with Crippen LogP contribution in [0.2, 0.25) is 0 Å². The third-order valence-corrected chi connectivity index (χ3v) is 6.54. The van der Waals surface area contributed by atoms with Crippen LogP contribution in [0, 0.1) is 12.8 Å². The number of nitrogens with one attached hydrogen (secondary N) is 1. The molecule has 0 aliphatic carbocycles. The second-order valence-corrected chi connectivity index (χ2v) is 9.09. The first-order chi connectivity index (χ1) is 17.2. The minimum atomic E-state index is 0.0426. The number of amides is 1. The Hall–Kier alpha value is -3.77. The van der Waals surface area contributed by atoms with Crippen LogP contribution < -0.4 is 5.32 Å². The fourth-order valence-corrected chi connectivity index (χ4v) is 4.66. The van der Waals surface area contributed by atoms with Crippen molar-refractivity contribution in [3.63, 3.8) is 0 Å². The van der Waals surface area contributed by atoms with Gasteiger partial charge in [-0.2, -0.15) is 0 Å². The number of anilines is 1. The number of benzene rings is 2. The number of hydrogen-bond donors (Lipinski definition) is 1. The number of rotatable bonds is 6. The molecule has 5 rings (SSSR count). The van der Waals surface area contributed by atoms with Crippen molar-refractivity contribution in [2.24, 2.45) is 5.92 Å². The highest BCUT2D eigenvalue weighted by Crippen LogP contribution is 2.23. The minimum Gasteiger partial charge on any atom is -0.379 e. The number of aryl methyl sites for hydroxylation is 1. The van der Waals surface area contributed by atoms with Crippen LogP contribution in [0.4, 0.5) is 5.69 Å². The molecule has 1 aliphatic rings. The van der Waals surface area contributed by atoms with Gasteiger partial charge in [-0.1, -0.05) is 30.3 Å². The van der Waals surface area contributed by atoms with E-state index in [0.29, 0.717) is 38.4 Å². The van der Waals surface area contributed by atoms with Gasteiger partial charge in [0.25, 0.3) is 5.91 Å². The molecule has 178 valence electrons. The Labute approximate surface area is 206 Å². The van der Waals surface area contributed by atoms with Gasteiger partial charge in [-0.25, -0.2) is 0 Å². The standard InChI is InChI=1S/C29H30N4O2/c1-21-10-11-24(17-28(21)32-18-25-7-2-3-12-30-25)29(34)33-14-15-35-20-22(19-33)16-23-6-4-9-27-26(23)8-5-13-31-27/h2-13,17,22,32H,14-16,18-20H2,1H3. The second-order valence-electron chi connectivity index (χ2n) is 9.09. The maximum absolute atomic E-state index is 13.5. The minimum absolute atomic E-state index is 0.0426. The molecule has 6 heteroatoms. The molecule has 2 aromatic heterocycles. The van der Waals surface area contributed by atoms with E-state index < -0.39 is 0 Å². The number of fused-ring (bicyclic) bond motifs is 1. The summed E-state index contributed by atoms with van der Waals surface area (Å²) in [6, 6.07) is 22.1. The molecule has 1 N–H and O–H groups in total. The first-order valence-corrected chi connectivity index (χ1v) is 12.1. The molecule has 1 saturated heterocycles. The Morgan fingerprint density at radius 2 is 1.97 bits per heavy atom. The highest BCUT2D eigenvalue weighted by Gasteiger charge is 2.24. The molecule has 0 bridgehead atoms. The summed E-state index contributed by atoms with van der Waals surface area (Å²) >= 11 is 0. The van der Waals surface area contributed by atoms with Crippen molar-refractivity contribution in [2.75, 3.05) is 31.6 Å². The molecule has 0 radical (unpaired) electrons. The van der Waals surface area contributed by atoms with Crippen LogP contribution in [0.1, 0.15) is 27.2 Å². The Morgan fingerprint density at radius 3 is 2.86 bits per heavy atom. The van der Waals surface area contributed by atoms with Crippen molar-refractivity contribution >= 4 is 22.5 Å². The maximum atomic E-state index is 13.5. The summed E-state index contributed by atoms with van der Waals surface area (Å²) in [5.41, 5.74) is 5.94. The molecule has 1 amide bonds. The Morgan fingerprint density at radius 1 is 1.06 bits per heavy atom. The van der Waals surface area contributed by atoms with E-state index in [9.17, 15) is 4.79 Å². The molecule has 1 aliphatic heterocycles. The third kappa shape index (κ3) is 5.49. The van der Waals surface area contributed by atoms with Crippen molar-refractivity contribution in [1.29, 1.82) is 0 Å². The van der Waals surface area contributed by atoms with Gasteiger partial charge in [-0.3, -0.25) is 14.8 Å². The number of ether oxygens (including phenoxy) is 1. The monoisotopic (exact) mass is 466 g/mol. The number of aromatic nitrogens is 2. The Bertz CT molecular complexity index is 1300.